The quantitative estimate of drug-likeness (QED) is 0.330. The standard InChI is InChI=1S/C26H27F3N2O2.2ClH/c27-26(28,29)14-13-23(31-17-15-30-16-18-31)20-11-12-24(32-21-7-3-1-4-8-21)25(19-20)33-22-9-5-2-6-10-22;;/h1-12,19,23,30H,13-18H2;2*1H/t23-;;/m1../s1. The molecule has 35 heavy (non-hydrogen) atoms. The van der Waals surface area contributed by atoms with Crippen LogP contribution < -0.4 is 14.8 Å². The van der Waals surface area contributed by atoms with E-state index >= 15 is 0 Å². The van der Waals surface area contributed by atoms with Gasteiger partial charge in [0, 0.05) is 38.6 Å². The molecule has 0 aliphatic carbocycles. The topological polar surface area (TPSA) is 33.7 Å². The number of hydrogen-bond donors (Lipinski definition) is 1. The number of alkyl halides is 3. The maximum absolute atomic E-state index is 13.1. The van der Waals surface area contributed by atoms with E-state index in [1.807, 2.05) is 72.8 Å². The van der Waals surface area contributed by atoms with E-state index in [-0.39, 0.29) is 37.3 Å². The number of piperazine rings is 1. The lowest BCUT2D eigenvalue weighted by Gasteiger charge is -2.35. The van der Waals surface area contributed by atoms with Crippen molar-refractivity contribution in [3.63, 3.8) is 0 Å². The minimum atomic E-state index is -4.20. The van der Waals surface area contributed by atoms with Crippen LogP contribution in [-0.2, 0) is 0 Å². The monoisotopic (exact) mass is 528 g/mol. The van der Waals surface area contributed by atoms with Gasteiger partial charge in [0.15, 0.2) is 11.5 Å². The lowest BCUT2D eigenvalue weighted by Crippen LogP contribution is -2.45. The van der Waals surface area contributed by atoms with Crippen molar-refractivity contribution in [2.75, 3.05) is 26.2 Å². The zero-order valence-corrected chi connectivity index (χ0v) is 20.7. The van der Waals surface area contributed by atoms with Crippen LogP contribution in [0.2, 0.25) is 0 Å². The molecule has 1 fully saturated rings. The maximum Gasteiger partial charge on any atom is 0.389 e. The first-order valence-electron chi connectivity index (χ1n) is 11.1. The van der Waals surface area contributed by atoms with Gasteiger partial charge in [-0.25, -0.2) is 0 Å². The van der Waals surface area contributed by atoms with Crippen molar-refractivity contribution in [3.8, 4) is 23.0 Å². The summed E-state index contributed by atoms with van der Waals surface area (Å²) in [5.41, 5.74) is 0.785. The minimum absolute atomic E-state index is 0. The fourth-order valence-corrected chi connectivity index (χ4v) is 3.98. The first-order valence-corrected chi connectivity index (χ1v) is 11.1. The smallest absolute Gasteiger partial charge is 0.389 e. The van der Waals surface area contributed by atoms with Crippen LogP contribution in [0.4, 0.5) is 13.2 Å². The van der Waals surface area contributed by atoms with E-state index < -0.39 is 12.6 Å². The molecule has 0 spiro atoms. The Morgan fingerprint density at radius 1 is 0.771 bits per heavy atom. The van der Waals surface area contributed by atoms with Crippen molar-refractivity contribution in [2.24, 2.45) is 0 Å². The van der Waals surface area contributed by atoms with E-state index in [2.05, 4.69) is 10.2 Å². The average molecular weight is 529 g/mol. The van der Waals surface area contributed by atoms with Crippen LogP contribution in [0.1, 0.15) is 24.4 Å². The molecule has 1 saturated heterocycles. The van der Waals surface area contributed by atoms with Gasteiger partial charge in [0.25, 0.3) is 0 Å². The molecule has 1 heterocycles. The highest BCUT2D eigenvalue weighted by atomic mass is 35.5. The van der Waals surface area contributed by atoms with Crippen LogP contribution in [0.3, 0.4) is 0 Å². The van der Waals surface area contributed by atoms with Crippen LogP contribution in [-0.4, -0.2) is 37.3 Å². The van der Waals surface area contributed by atoms with Crippen LogP contribution in [0.5, 0.6) is 23.0 Å². The lowest BCUT2D eigenvalue weighted by molar-refractivity contribution is -0.138. The Bertz CT molecular complexity index is 1020. The molecule has 0 aromatic heterocycles. The molecule has 0 saturated carbocycles. The third-order valence-electron chi connectivity index (χ3n) is 5.59. The number of benzene rings is 3. The summed E-state index contributed by atoms with van der Waals surface area (Å²) in [6.45, 7) is 2.90. The van der Waals surface area contributed by atoms with Gasteiger partial charge in [-0.2, -0.15) is 13.2 Å². The molecule has 0 amide bonds. The number of rotatable bonds is 8. The summed E-state index contributed by atoms with van der Waals surface area (Å²) < 4.78 is 51.5. The summed E-state index contributed by atoms with van der Waals surface area (Å²) in [6, 6.07) is 23.7. The summed E-state index contributed by atoms with van der Waals surface area (Å²) in [4.78, 5) is 2.11. The molecule has 0 radical (unpaired) electrons. The number of nitrogens with zero attached hydrogens (tertiary/aromatic N) is 1. The highest BCUT2D eigenvalue weighted by molar-refractivity contribution is 5.85. The van der Waals surface area contributed by atoms with Gasteiger partial charge < -0.3 is 14.8 Å². The Labute approximate surface area is 216 Å². The first kappa shape index (κ1) is 28.8. The van der Waals surface area contributed by atoms with Crippen molar-refractivity contribution >= 4 is 24.8 Å². The molecule has 190 valence electrons. The van der Waals surface area contributed by atoms with Crippen LogP contribution in [0.25, 0.3) is 0 Å². The van der Waals surface area contributed by atoms with Gasteiger partial charge >= 0.3 is 6.18 Å². The molecule has 3 aromatic rings. The molecule has 1 N–H and O–H groups in total. The molecule has 9 heteroatoms. The van der Waals surface area contributed by atoms with Crippen molar-refractivity contribution < 1.29 is 22.6 Å². The summed E-state index contributed by atoms with van der Waals surface area (Å²) in [7, 11) is 0. The Morgan fingerprint density at radius 2 is 1.31 bits per heavy atom. The van der Waals surface area contributed by atoms with E-state index in [0.29, 0.717) is 36.1 Å². The number of ether oxygens (including phenoxy) is 2. The summed E-state index contributed by atoms with van der Waals surface area (Å²) in [5, 5.41) is 3.27. The molecular formula is C26H29Cl2F3N2O2. The van der Waals surface area contributed by atoms with E-state index in [4.69, 9.17) is 9.47 Å². The van der Waals surface area contributed by atoms with Gasteiger partial charge in [-0.3, -0.25) is 4.90 Å². The van der Waals surface area contributed by atoms with E-state index in [0.717, 1.165) is 18.7 Å². The Kier molecular flexibility index (Phi) is 11.2. The van der Waals surface area contributed by atoms with Crippen molar-refractivity contribution in [2.45, 2.75) is 25.1 Å². The van der Waals surface area contributed by atoms with Gasteiger partial charge in [0.05, 0.1) is 0 Å². The Morgan fingerprint density at radius 3 is 1.86 bits per heavy atom. The zero-order chi connectivity index (χ0) is 23.1. The second-order valence-electron chi connectivity index (χ2n) is 7.99. The molecule has 0 bridgehead atoms. The molecule has 4 nitrogen and oxygen atoms in total. The largest absolute Gasteiger partial charge is 0.453 e. The van der Waals surface area contributed by atoms with Gasteiger partial charge in [-0.15, -0.1) is 24.8 Å². The van der Waals surface area contributed by atoms with Crippen LogP contribution in [0.15, 0.2) is 78.9 Å². The summed E-state index contributed by atoms with van der Waals surface area (Å²) in [5.74, 6) is 2.25. The highest BCUT2D eigenvalue weighted by Crippen LogP contribution is 2.39. The number of halogens is 5. The summed E-state index contributed by atoms with van der Waals surface area (Å²) in [6.07, 6.45) is -5.04. The molecule has 0 unspecified atom stereocenters. The summed E-state index contributed by atoms with van der Waals surface area (Å²) >= 11 is 0. The predicted molar refractivity (Wildman–Crippen MR) is 136 cm³/mol. The SMILES string of the molecule is Cl.Cl.FC(F)(F)CC[C@H](c1ccc(Oc2ccccc2)c(Oc2ccccc2)c1)N1CCNCC1. The van der Waals surface area contributed by atoms with Gasteiger partial charge in [0.1, 0.15) is 11.5 Å². The lowest BCUT2D eigenvalue weighted by atomic mass is 9.98. The normalized spacial score (nSPS) is 14.8. The number of hydrogen-bond acceptors (Lipinski definition) is 4. The van der Waals surface area contributed by atoms with Crippen molar-refractivity contribution in [1.29, 1.82) is 0 Å². The Balaban J connectivity index is 0.00000216. The molecular weight excluding hydrogens is 500 g/mol. The van der Waals surface area contributed by atoms with Crippen LogP contribution >= 0.6 is 24.8 Å². The predicted octanol–water partition coefficient (Wildman–Crippen LogP) is 7.40. The molecule has 4 rings (SSSR count). The van der Waals surface area contributed by atoms with E-state index in [9.17, 15) is 13.2 Å². The maximum atomic E-state index is 13.1. The fraction of sp³-hybridized carbons (Fsp3) is 0.308. The van der Waals surface area contributed by atoms with E-state index in [1.165, 1.54) is 0 Å². The third-order valence-corrected chi connectivity index (χ3v) is 5.59. The molecule has 1 aliphatic heterocycles. The number of para-hydroxylation sites is 2. The zero-order valence-electron chi connectivity index (χ0n) is 19.0. The fourth-order valence-electron chi connectivity index (χ4n) is 3.98. The number of nitrogens with one attached hydrogen (secondary N) is 1. The second kappa shape index (κ2) is 13.6. The van der Waals surface area contributed by atoms with Gasteiger partial charge in [-0.05, 0) is 48.4 Å². The molecule has 1 atom stereocenters. The van der Waals surface area contributed by atoms with Crippen molar-refractivity contribution in [3.05, 3.63) is 84.4 Å². The van der Waals surface area contributed by atoms with E-state index in [1.54, 1.807) is 6.07 Å². The average Bonchev–Trinajstić information content (AvgIpc) is 2.82. The molecule has 1 aliphatic rings. The minimum Gasteiger partial charge on any atom is -0.453 e. The van der Waals surface area contributed by atoms with Crippen LogP contribution in [0, 0.1) is 0 Å². The molecule has 3 aromatic carbocycles. The van der Waals surface area contributed by atoms with Crippen molar-refractivity contribution in [1.82, 2.24) is 10.2 Å². The first-order chi connectivity index (χ1) is 16.0. The Hall–Kier alpha value is -2.45. The van der Waals surface area contributed by atoms with Gasteiger partial charge in [0.2, 0.25) is 0 Å². The third kappa shape index (κ3) is 8.61. The van der Waals surface area contributed by atoms with Gasteiger partial charge in [-0.1, -0.05) is 42.5 Å². The highest BCUT2D eigenvalue weighted by Gasteiger charge is 2.31. The second-order valence-corrected chi connectivity index (χ2v) is 7.99.